The van der Waals surface area contributed by atoms with Crippen LogP contribution in [-0.4, -0.2) is 35.1 Å². The molecule has 0 amide bonds. The Morgan fingerprint density at radius 1 is 1.36 bits per heavy atom. The molecule has 0 aromatic carbocycles. The van der Waals surface area contributed by atoms with E-state index < -0.39 is 5.97 Å². The molecule has 2 fully saturated rings. The number of carbonyl (C=O) groups is 1. The maximum absolute atomic E-state index is 10.4. The van der Waals surface area contributed by atoms with Gasteiger partial charge in [-0.15, -0.1) is 0 Å². The van der Waals surface area contributed by atoms with Gasteiger partial charge in [0, 0.05) is 19.1 Å². The molecule has 1 N–H and O–H groups in total. The Hall–Kier alpha value is -0.570. The Kier molecular flexibility index (Phi) is 1.60. The number of nitrogens with zero attached hydrogens (tertiary/aromatic N) is 1. The first-order chi connectivity index (χ1) is 5.27. The molecule has 2 aliphatic rings. The van der Waals surface area contributed by atoms with E-state index in [-0.39, 0.29) is 5.92 Å². The van der Waals surface area contributed by atoms with Gasteiger partial charge in [-0.05, 0) is 12.8 Å². The molecule has 1 aliphatic heterocycles. The summed E-state index contributed by atoms with van der Waals surface area (Å²) in [5.74, 6) is -0.698. The molecule has 1 aliphatic carbocycles. The fourth-order valence-electron chi connectivity index (χ4n) is 1.72. The third-order valence-corrected chi connectivity index (χ3v) is 2.85. The van der Waals surface area contributed by atoms with Crippen LogP contribution in [0.4, 0.5) is 0 Å². The van der Waals surface area contributed by atoms with Gasteiger partial charge in [-0.3, -0.25) is 9.69 Å². The highest BCUT2D eigenvalue weighted by molar-refractivity contribution is 5.71. The van der Waals surface area contributed by atoms with Crippen molar-refractivity contribution in [2.45, 2.75) is 25.3 Å². The Labute approximate surface area is 66.0 Å². The SMILES string of the molecule is O=C(O)C1CN(C2CCC2)C1. The van der Waals surface area contributed by atoms with Crippen LogP contribution in [0.25, 0.3) is 0 Å². The lowest BCUT2D eigenvalue weighted by Gasteiger charge is -2.46. The quantitative estimate of drug-likeness (QED) is 0.633. The van der Waals surface area contributed by atoms with E-state index in [2.05, 4.69) is 4.90 Å². The molecule has 0 atom stereocenters. The average molecular weight is 155 g/mol. The van der Waals surface area contributed by atoms with E-state index in [1.807, 2.05) is 0 Å². The van der Waals surface area contributed by atoms with E-state index in [1.165, 1.54) is 19.3 Å². The maximum atomic E-state index is 10.4. The number of hydrogen-bond donors (Lipinski definition) is 1. The first kappa shape index (κ1) is 7.10. The predicted molar refractivity (Wildman–Crippen MR) is 40.3 cm³/mol. The second-order valence-corrected chi connectivity index (χ2v) is 3.57. The lowest BCUT2D eigenvalue weighted by Crippen LogP contribution is -2.56. The van der Waals surface area contributed by atoms with Crippen LogP contribution in [0.2, 0.25) is 0 Å². The Morgan fingerprint density at radius 2 is 2.00 bits per heavy atom. The second kappa shape index (κ2) is 2.48. The van der Waals surface area contributed by atoms with Crippen LogP contribution in [0.15, 0.2) is 0 Å². The summed E-state index contributed by atoms with van der Waals surface area (Å²) in [6.07, 6.45) is 3.90. The summed E-state index contributed by atoms with van der Waals surface area (Å²) in [7, 11) is 0. The van der Waals surface area contributed by atoms with Gasteiger partial charge in [0.2, 0.25) is 0 Å². The number of likely N-dealkylation sites (tertiary alicyclic amines) is 1. The predicted octanol–water partition coefficient (Wildman–Crippen LogP) is 0.555. The van der Waals surface area contributed by atoms with Gasteiger partial charge < -0.3 is 5.11 Å². The fraction of sp³-hybridized carbons (Fsp3) is 0.875. The Balaban J connectivity index is 1.74. The van der Waals surface area contributed by atoms with Crippen molar-refractivity contribution < 1.29 is 9.90 Å². The molecule has 1 heterocycles. The highest BCUT2D eigenvalue weighted by Crippen LogP contribution is 2.30. The van der Waals surface area contributed by atoms with Crippen LogP contribution in [0.1, 0.15) is 19.3 Å². The normalized spacial score (nSPS) is 27.6. The van der Waals surface area contributed by atoms with Gasteiger partial charge in [-0.2, -0.15) is 0 Å². The first-order valence-corrected chi connectivity index (χ1v) is 4.24. The average Bonchev–Trinajstić information content (AvgIpc) is 1.70. The molecule has 0 aromatic rings. The minimum absolute atomic E-state index is 0.0735. The standard InChI is InChI=1S/C8H13NO2/c10-8(11)6-4-9(5-6)7-2-1-3-7/h6-7H,1-5H2,(H,10,11). The summed E-state index contributed by atoms with van der Waals surface area (Å²) in [6, 6.07) is 0.727. The monoisotopic (exact) mass is 155 g/mol. The molecule has 0 aromatic heterocycles. The highest BCUT2D eigenvalue weighted by Gasteiger charge is 2.38. The van der Waals surface area contributed by atoms with Crippen molar-refractivity contribution in [2.75, 3.05) is 13.1 Å². The summed E-state index contributed by atoms with van der Waals surface area (Å²) in [5.41, 5.74) is 0. The summed E-state index contributed by atoms with van der Waals surface area (Å²) in [5, 5.41) is 8.60. The molecule has 0 spiro atoms. The van der Waals surface area contributed by atoms with Crippen molar-refractivity contribution >= 4 is 5.97 Å². The van der Waals surface area contributed by atoms with Crippen LogP contribution >= 0.6 is 0 Å². The zero-order valence-corrected chi connectivity index (χ0v) is 6.49. The maximum Gasteiger partial charge on any atom is 0.309 e. The molecule has 3 heteroatoms. The number of hydrogen-bond acceptors (Lipinski definition) is 2. The smallest absolute Gasteiger partial charge is 0.309 e. The number of carboxylic acids is 1. The number of carboxylic acid groups (broad SMARTS) is 1. The molecule has 62 valence electrons. The van der Waals surface area contributed by atoms with Crippen molar-refractivity contribution in [3.63, 3.8) is 0 Å². The molecule has 3 nitrogen and oxygen atoms in total. The van der Waals surface area contributed by atoms with Gasteiger partial charge in [0.05, 0.1) is 5.92 Å². The summed E-state index contributed by atoms with van der Waals surface area (Å²) in [6.45, 7) is 1.58. The number of aliphatic carboxylic acids is 1. The van der Waals surface area contributed by atoms with Crippen molar-refractivity contribution in [1.29, 1.82) is 0 Å². The van der Waals surface area contributed by atoms with Crippen molar-refractivity contribution in [1.82, 2.24) is 4.90 Å². The lowest BCUT2D eigenvalue weighted by atomic mass is 9.86. The molecule has 2 rings (SSSR count). The third-order valence-electron chi connectivity index (χ3n) is 2.85. The number of rotatable bonds is 2. The van der Waals surface area contributed by atoms with E-state index in [1.54, 1.807) is 0 Å². The third kappa shape index (κ3) is 1.13. The van der Waals surface area contributed by atoms with Gasteiger partial charge in [0.15, 0.2) is 0 Å². The van der Waals surface area contributed by atoms with Crippen LogP contribution < -0.4 is 0 Å². The fourth-order valence-corrected chi connectivity index (χ4v) is 1.72. The molecule has 1 saturated heterocycles. The summed E-state index contributed by atoms with van der Waals surface area (Å²) in [4.78, 5) is 12.7. The van der Waals surface area contributed by atoms with Gasteiger partial charge in [0.1, 0.15) is 0 Å². The van der Waals surface area contributed by atoms with Crippen molar-refractivity contribution in [3.05, 3.63) is 0 Å². The van der Waals surface area contributed by atoms with Crippen molar-refractivity contribution in [3.8, 4) is 0 Å². The van der Waals surface area contributed by atoms with E-state index >= 15 is 0 Å². The summed E-state index contributed by atoms with van der Waals surface area (Å²) >= 11 is 0. The van der Waals surface area contributed by atoms with E-state index in [4.69, 9.17) is 5.11 Å². The molecule has 11 heavy (non-hydrogen) atoms. The lowest BCUT2D eigenvalue weighted by molar-refractivity contribution is -0.149. The van der Waals surface area contributed by atoms with Crippen LogP contribution in [0, 0.1) is 5.92 Å². The molecular weight excluding hydrogens is 142 g/mol. The molecular formula is C8H13NO2. The van der Waals surface area contributed by atoms with Crippen LogP contribution in [-0.2, 0) is 4.79 Å². The Bertz CT molecular complexity index is 171. The van der Waals surface area contributed by atoms with E-state index in [9.17, 15) is 4.79 Å². The zero-order valence-electron chi connectivity index (χ0n) is 6.49. The van der Waals surface area contributed by atoms with E-state index in [0.717, 1.165) is 19.1 Å². The topological polar surface area (TPSA) is 40.5 Å². The van der Waals surface area contributed by atoms with Gasteiger partial charge in [0.25, 0.3) is 0 Å². The largest absolute Gasteiger partial charge is 0.481 e. The molecule has 0 radical (unpaired) electrons. The van der Waals surface area contributed by atoms with Crippen molar-refractivity contribution in [2.24, 2.45) is 5.92 Å². The van der Waals surface area contributed by atoms with Crippen LogP contribution in [0.3, 0.4) is 0 Å². The van der Waals surface area contributed by atoms with Gasteiger partial charge in [-0.25, -0.2) is 0 Å². The van der Waals surface area contributed by atoms with E-state index in [0.29, 0.717) is 0 Å². The minimum Gasteiger partial charge on any atom is -0.481 e. The van der Waals surface area contributed by atoms with Gasteiger partial charge >= 0.3 is 5.97 Å². The second-order valence-electron chi connectivity index (χ2n) is 3.57. The first-order valence-electron chi connectivity index (χ1n) is 4.24. The molecule has 1 saturated carbocycles. The minimum atomic E-state index is -0.624. The molecule has 0 bridgehead atoms. The Morgan fingerprint density at radius 3 is 2.36 bits per heavy atom. The highest BCUT2D eigenvalue weighted by atomic mass is 16.4. The van der Waals surface area contributed by atoms with Crippen LogP contribution in [0.5, 0.6) is 0 Å². The van der Waals surface area contributed by atoms with Gasteiger partial charge in [-0.1, -0.05) is 6.42 Å². The summed E-state index contributed by atoms with van der Waals surface area (Å²) < 4.78 is 0. The molecule has 0 unspecified atom stereocenters. The zero-order chi connectivity index (χ0) is 7.84.